The minimum atomic E-state index is -0.560. The van der Waals surface area contributed by atoms with Crippen LogP contribution in [0.5, 0.6) is 5.75 Å². The minimum absolute atomic E-state index is 0.0997. The summed E-state index contributed by atoms with van der Waals surface area (Å²) in [5.74, 6) is 1.67. The van der Waals surface area contributed by atoms with Crippen molar-refractivity contribution in [3.8, 4) is 18.1 Å². The van der Waals surface area contributed by atoms with Gasteiger partial charge in [-0.3, -0.25) is 4.79 Å². The highest BCUT2D eigenvalue weighted by Crippen LogP contribution is 2.22. The monoisotopic (exact) mass is 295 g/mol. The van der Waals surface area contributed by atoms with E-state index in [1.165, 1.54) is 12.1 Å². The maximum absolute atomic E-state index is 13.9. The molecule has 110 valence electrons. The number of ether oxygens (including phenoxy) is 1. The molecule has 0 fully saturated rings. The molecule has 0 aliphatic heterocycles. The molecule has 0 atom stereocenters. The first-order chi connectivity index (χ1) is 10.6. The van der Waals surface area contributed by atoms with E-state index < -0.39 is 11.7 Å². The summed E-state index contributed by atoms with van der Waals surface area (Å²) >= 11 is 0. The molecule has 0 bridgehead atoms. The van der Waals surface area contributed by atoms with Crippen LogP contribution < -0.4 is 10.1 Å². The molecule has 1 N–H and O–H groups in total. The zero-order chi connectivity index (χ0) is 15.9. The number of amides is 1. The Balaban J connectivity index is 2.05. The van der Waals surface area contributed by atoms with Gasteiger partial charge in [0, 0.05) is 17.3 Å². The minimum Gasteiger partial charge on any atom is -0.486 e. The average Bonchev–Trinajstić information content (AvgIpc) is 2.54. The highest BCUT2D eigenvalue weighted by Gasteiger charge is 2.06. The zero-order valence-corrected chi connectivity index (χ0v) is 11.8. The largest absolute Gasteiger partial charge is 0.486 e. The van der Waals surface area contributed by atoms with E-state index in [-0.39, 0.29) is 12.4 Å². The molecular weight excluding hydrogens is 281 g/mol. The van der Waals surface area contributed by atoms with E-state index >= 15 is 0 Å². The summed E-state index contributed by atoms with van der Waals surface area (Å²) in [6.45, 7) is 3.53. The van der Waals surface area contributed by atoms with Crippen molar-refractivity contribution in [2.24, 2.45) is 0 Å². The molecule has 2 aromatic rings. The molecule has 0 saturated heterocycles. The van der Waals surface area contributed by atoms with Gasteiger partial charge in [-0.25, -0.2) is 4.39 Å². The maximum Gasteiger partial charge on any atom is 0.247 e. The smallest absolute Gasteiger partial charge is 0.247 e. The summed E-state index contributed by atoms with van der Waals surface area (Å²) in [6, 6.07) is 11.5. The first-order valence-electron chi connectivity index (χ1n) is 6.53. The normalized spacial score (nSPS) is 9.64. The molecule has 0 heterocycles. The molecule has 22 heavy (non-hydrogen) atoms. The molecule has 3 nitrogen and oxygen atoms in total. The quantitative estimate of drug-likeness (QED) is 0.677. The Morgan fingerprint density at radius 1 is 1.36 bits per heavy atom. The summed E-state index contributed by atoms with van der Waals surface area (Å²) in [5, 5.41) is 2.47. The summed E-state index contributed by atoms with van der Waals surface area (Å²) in [6.07, 6.45) is 6.44. The SMILES string of the molecule is C#Cc1cccc(COc2ccc(NC(=O)C=C)cc2F)c1. The van der Waals surface area contributed by atoms with Crippen LogP contribution in [0.2, 0.25) is 0 Å². The van der Waals surface area contributed by atoms with Crippen molar-refractivity contribution in [1.82, 2.24) is 0 Å². The van der Waals surface area contributed by atoms with Crippen LogP contribution in [-0.4, -0.2) is 5.91 Å². The topological polar surface area (TPSA) is 38.3 Å². The maximum atomic E-state index is 13.9. The summed E-state index contributed by atoms with van der Waals surface area (Å²) in [5.41, 5.74) is 1.92. The van der Waals surface area contributed by atoms with Gasteiger partial charge < -0.3 is 10.1 Å². The lowest BCUT2D eigenvalue weighted by Gasteiger charge is -2.09. The first-order valence-corrected chi connectivity index (χ1v) is 6.53. The van der Waals surface area contributed by atoms with Crippen molar-refractivity contribution in [2.75, 3.05) is 5.32 Å². The van der Waals surface area contributed by atoms with Crippen LogP contribution in [0.4, 0.5) is 10.1 Å². The molecule has 0 unspecified atom stereocenters. The lowest BCUT2D eigenvalue weighted by molar-refractivity contribution is -0.111. The van der Waals surface area contributed by atoms with Gasteiger partial charge >= 0.3 is 0 Å². The molecule has 0 saturated carbocycles. The van der Waals surface area contributed by atoms with Gasteiger partial charge in [-0.2, -0.15) is 0 Å². The molecule has 0 aliphatic rings. The Labute approximate surface area is 128 Å². The van der Waals surface area contributed by atoms with Crippen LogP contribution in [0.3, 0.4) is 0 Å². The molecule has 0 aromatic heterocycles. The zero-order valence-electron chi connectivity index (χ0n) is 11.8. The lowest BCUT2D eigenvalue weighted by Crippen LogP contribution is -2.07. The molecule has 4 heteroatoms. The summed E-state index contributed by atoms with van der Waals surface area (Å²) in [7, 11) is 0. The molecule has 0 radical (unpaired) electrons. The van der Waals surface area contributed by atoms with E-state index in [0.29, 0.717) is 5.69 Å². The second-order valence-corrected chi connectivity index (χ2v) is 4.47. The molecule has 0 aliphatic carbocycles. The summed E-state index contributed by atoms with van der Waals surface area (Å²) in [4.78, 5) is 11.1. The Morgan fingerprint density at radius 3 is 2.86 bits per heavy atom. The predicted molar refractivity (Wildman–Crippen MR) is 83.9 cm³/mol. The number of nitrogens with one attached hydrogen (secondary N) is 1. The fraction of sp³-hybridized carbons (Fsp3) is 0.0556. The van der Waals surface area contributed by atoms with Crippen molar-refractivity contribution < 1.29 is 13.9 Å². The predicted octanol–water partition coefficient (Wildman–Crippen LogP) is 3.51. The van der Waals surface area contributed by atoms with Gasteiger partial charge in [0.1, 0.15) is 6.61 Å². The Kier molecular flexibility index (Phi) is 4.94. The third-order valence-corrected chi connectivity index (χ3v) is 2.87. The summed E-state index contributed by atoms with van der Waals surface area (Å²) < 4.78 is 19.4. The van der Waals surface area contributed by atoms with Gasteiger partial charge in [0.05, 0.1) is 0 Å². The fourth-order valence-corrected chi connectivity index (χ4v) is 1.80. The number of hydrogen-bond donors (Lipinski definition) is 1. The average molecular weight is 295 g/mol. The highest BCUT2D eigenvalue weighted by atomic mass is 19.1. The number of hydrogen-bond acceptors (Lipinski definition) is 2. The van der Waals surface area contributed by atoms with E-state index in [2.05, 4.69) is 17.8 Å². The number of carbonyl (C=O) groups is 1. The van der Waals surface area contributed by atoms with Gasteiger partial charge in [0.25, 0.3) is 0 Å². The Morgan fingerprint density at radius 2 is 2.18 bits per heavy atom. The van der Waals surface area contributed by atoms with Crippen molar-refractivity contribution >= 4 is 11.6 Å². The van der Waals surface area contributed by atoms with Crippen LogP contribution in [0.1, 0.15) is 11.1 Å². The Bertz CT molecular complexity index is 747. The fourth-order valence-electron chi connectivity index (χ4n) is 1.80. The van der Waals surface area contributed by atoms with E-state index in [9.17, 15) is 9.18 Å². The van der Waals surface area contributed by atoms with Crippen LogP contribution in [0, 0.1) is 18.2 Å². The van der Waals surface area contributed by atoms with Crippen LogP contribution in [0.25, 0.3) is 0 Å². The second-order valence-electron chi connectivity index (χ2n) is 4.47. The van der Waals surface area contributed by atoms with Gasteiger partial charge in [-0.15, -0.1) is 6.42 Å². The number of rotatable bonds is 5. The number of anilines is 1. The lowest BCUT2D eigenvalue weighted by atomic mass is 10.1. The second kappa shape index (κ2) is 7.09. The third-order valence-electron chi connectivity index (χ3n) is 2.87. The van der Waals surface area contributed by atoms with Crippen LogP contribution >= 0.6 is 0 Å². The van der Waals surface area contributed by atoms with Crippen molar-refractivity contribution in [3.63, 3.8) is 0 Å². The van der Waals surface area contributed by atoms with E-state index in [1.807, 2.05) is 12.1 Å². The number of halogens is 1. The van der Waals surface area contributed by atoms with Crippen LogP contribution in [-0.2, 0) is 11.4 Å². The number of carbonyl (C=O) groups excluding carboxylic acids is 1. The number of terminal acetylenes is 1. The van der Waals surface area contributed by atoms with Gasteiger partial charge in [0.2, 0.25) is 5.91 Å². The van der Waals surface area contributed by atoms with Crippen LogP contribution in [0.15, 0.2) is 55.1 Å². The van der Waals surface area contributed by atoms with Gasteiger partial charge in [0.15, 0.2) is 11.6 Å². The van der Waals surface area contributed by atoms with Gasteiger partial charge in [-0.1, -0.05) is 24.6 Å². The molecule has 2 rings (SSSR count). The first kappa shape index (κ1) is 15.3. The van der Waals surface area contributed by atoms with E-state index in [1.54, 1.807) is 18.2 Å². The molecule has 0 spiro atoms. The van der Waals surface area contributed by atoms with Crippen molar-refractivity contribution in [2.45, 2.75) is 6.61 Å². The highest BCUT2D eigenvalue weighted by molar-refractivity contribution is 5.98. The molecule has 2 aromatic carbocycles. The number of benzene rings is 2. The van der Waals surface area contributed by atoms with E-state index in [0.717, 1.165) is 17.2 Å². The molecular formula is C18H14FNO2. The van der Waals surface area contributed by atoms with E-state index in [4.69, 9.17) is 11.2 Å². The van der Waals surface area contributed by atoms with Gasteiger partial charge in [-0.05, 0) is 35.9 Å². The third kappa shape index (κ3) is 3.97. The van der Waals surface area contributed by atoms with Crippen molar-refractivity contribution in [1.29, 1.82) is 0 Å². The molecule has 1 amide bonds. The Hall–Kier alpha value is -3.06. The standard InChI is InChI=1S/C18H14FNO2/c1-3-13-6-5-7-14(10-13)12-22-17-9-8-15(11-16(17)19)20-18(21)4-2/h1,4-11H,2,12H2,(H,20,21). The van der Waals surface area contributed by atoms with Crippen molar-refractivity contribution in [3.05, 3.63) is 72.1 Å².